The third-order valence-electron chi connectivity index (χ3n) is 4.19. The topological polar surface area (TPSA) is 3.24 Å². The van der Waals surface area contributed by atoms with Gasteiger partial charge in [-0.1, -0.05) is 57.6 Å². The lowest BCUT2D eigenvalue weighted by Gasteiger charge is -2.41. The lowest BCUT2D eigenvalue weighted by Crippen LogP contribution is -2.41. The highest BCUT2D eigenvalue weighted by Crippen LogP contribution is 2.31. The summed E-state index contributed by atoms with van der Waals surface area (Å²) in [7, 11) is 0. The summed E-state index contributed by atoms with van der Waals surface area (Å²) in [6.07, 6.45) is 19.8. The van der Waals surface area contributed by atoms with Crippen LogP contribution in [0.25, 0.3) is 0 Å². The summed E-state index contributed by atoms with van der Waals surface area (Å²) in [5.74, 6) is 0. The molecule has 0 fully saturated rings. The van der Waals surface area contributed by atoms with Crippen LogP contribution in [-0.4, -0.2) is 17.0 Å². The molecule has 0 N–H and O–H groups in total. The van der Waals surface area contributed by atoms with E-state index in [2.05, 4.69) is 62.3 Å². The predicted molar refractivity (Wildman–Crippen MR) is 84.0 cm³/mol. The van der Waals surface area contributed by atoms with Crippen molar-refractivity contribution in [3.05, 3.63) is 47.7 Å². The van der Waals surface area contributed by atoms with E-state index in [1.54, 1.807) is 5.57 Å². The number of allylic oxidation sites excluding steroid dienone is 4. The van der Waals surface area contributed by atoms with Gasteiger partial charge in [-0.15, -0.1) is 0 Å². The second kappa shape index (κ2) is 6.79. The van der Waals surface area contributed by atoms with Gasteiger partial charge in [0.1, 0.15) is 0 Å². The molecular formula is C18H27N. The fourth-order valence-corrected chi connectivity index (χ4v) is 3.10. The van der Waals surface area contributed by atoms with Crippen molar-refractivity contribution in [3.63, 3.8) is 0 Å². The second-order valence-corrected chi connectivity index (χ2v) is 5.50. The Morgan fingerprint density at radius 1 is 1.16 bits per heavy atom. The van der Waals surface area contributed by atoms with Crippen LogP contribution in [0.2, 0.25) is 0 Å². The van der Waals surface area contributed by atoms with E-state index in [1.165, 1.54) is 24.8 Å². The highest BCUT2D eigenvalue weighted by molar-refractivity contribution is 5.33. The lowest BCUT2D eigenvalue weighted by molar-refractivity contribution is 0.239. The Kier molecular flexibility index (Phi) is 5.07. The molecule has 1 aliphatic carbocycles. The minimum absolute atomic E-state index is 0.540. The van der Waals surface area contributed by atoms with Gasteiger partial charge in [0.05, 0.1) is 12.1 Å². The minimum Gasteiger partial charge on any atom is -0.364 e. The van der Waals surface area contributed by atoms with Crippen LogP contribution in [0.4, 0.5) is 0 Å². The second-order valence-electron chi connectivity index (χ2n) is 5.50. The molecule has 1 heteroatoms. The van der Waals surface area contributed by atoms with Crippen LogP contribution in [0, 0.1) is 0 Å². The monoisotopic (exact) mass is 257 g/mol. The highest BCUT2D eigenvalue weighted by atomic mass is 15.2. The average molecular weight is 257 g/mol. The van der Waals surface area contributed by atoms with E-state index in [1.807, 2.05) is 0 Å². The molecule has 2 aliphatic rings. The predicted octanol–water partition coefficient (Wildman–Crippen LogP) is 4.99. The van der Waals surface area contributed by atoms with Crippen molar-refractivity contribution in [1.82, 2.24) is 4.90 Å². The molecule has 19 heavy (non-hydrogen) atoms. The Hall–Kier alpha value is -1.24. The molecule has 0 radical (unpaired) electrons. The maximum Gasteiger partial charge on any atom is 0.0511 e. The quantitative estimate of drug-likeness (QED) is 0.671. The van der Waals surface area contributed by atoms with Crippen molar-refractivity contribution in [2.45, 2.75) is 65.0 Å². The molecule has 0 saturated heterocycles. The van der Waals surface area contributed by atoms with Crippen molar-refractivity contribution in [3.8, 4) is 0 Å². The molecule has 0 bridgehead atoms. The smallest absolute Gasteiger partial charge is 0.0511 e. The van der Waals surface area contributed by atoms with Gasteiger partial charge in [-0.3, -0.25) is 0 Å². The Bertz CT molecular complexity index is 411. The first-order chi connectivity index (χ1) is 9.30. The normalized spacial score (nSPS) is 26.4. The molecule has 1 heterocycles. The highest BCUT2D eigenvalue weighted by Gasteiger charge is 2.26. The van der Waals surface area contributed by atoms with Crippen molar-refractivity contribution in [2.24, 2.45) is 0 Å². The molecule has 1 aliphatic heterocycles. The molecule has 2 atom stereocenters. The largest absolute Gasteiger partial charge is 0.364 e. The van der Waals surface area contributed by atoms with Gasteiger partial charge in [0, 0.05) is 6.20 Å². The maximum absolute atomic E-state index is 2.61. The molecule has 0 aromatic heterocycles. The van der Waals surface area contributed by atoms with Crippen LogP contribution < -0.4 is 0 Å². The van der Waals surface area contributed by atoms with Crippen LogP contribution in [0.5, 0.6) is 0 Å². The van der Waals surface area contributed by atoms with Crippen LogP contribution in [0.3, 0.4) is 0 Å². The third kappa shape index (κ3) is 3.20. The van der Waals surface area contributed by atoms with Gasteiger partial charge in [-0.05, 0) is 36.8 Å². The number of rotatable bonds is 5. The minimum atomic E-state index is 0.540. The zero-order valence-electron chi connectivity index (χ0n) is 12.6. The van der Waals surface area contributed by atoms with Crippen molar-refractivity contribution in [2.75, 3.05) is 0 Å². The van der Waals surface area contributed by atoms with Crippen LogP contribution in [0.15, 0.2) is 47.7 Å². The summed E-state index contributed by atoms with van der Waals surface area (Å²) in [5, 5.41) is 0. The Balaban J connectivity index is 2.26. The summed E-state index contributed by atoms with van der Waals surface area (Å²) in [5.41, 5.74) is 3.09. The van der Waals surface area contributed by atoms with Crippen molar-refractivity contribution in [1.29, 1.82) is 0 Å². The zero-order valence-corrected chi connectivity index (χ0v) is 12.6. The van der Waals surface area contributed by atoms with Gasteiger partial charge in [0.2, 0.25) is 0 Å². The summed E-state index contributed by atoms with van der Waals surface area (Å²) >= 11 is 0. The van der Waals surface area contributed by atoms with Crippen molar-refractivity contribution < 1.29 is 0 Å². The molecule has 0 spiro atoms. The fourth-order valence-electron chi connectivity index (χ4n) is 3.10. The SMILES string of the molecule is CCC[C@H]1C(CC)=CC(CC)=CN1[C@H]1C=CC=CC1. The molecule has 0 amide bonds. The fraction of sp³-hybridized carbons (Fsp3) is 0.556. The van der Waals surface area contributed by atoms with E-state index in [9.17, 15) is 0 Å². The van der Waals surface area contributed by atoms with Gasteiger partial charge in [-0.2, -0.15) is 0 Å². The van der Waals surface area contributed by atoms with Gasteiger partial charge in [0.15, 0.2) is 0 Å². The lowest BCUT2D eigenvalue weighted by atomic mass is 9.90. The molecule has 2 rings (SSSR count). The van der Waals surface area contributed by atoms with Gasteiger partial charge < -0.3 is 4.90 Å². The number of hydrogen-bond acceptors (Lipinski definition) is 1. The summed E-state index contributed by atoms with van der Waals surface area (Å²) in [6.45, 7) is 6.84. The van der Waals surface area contributed by atoms with E-state index in [0.29, 0.717) is 12.1 Å². The number of hydrogen-bond donors (Lipinski definition) is 0. The molecule has 104 valence electrons. The maximum atomic E-state index is 2.61. The van der Waals surface area contributed by atoms with E-state index in [-0.39, 0.29) is 0 Å². The van der Waals surface area contributed by atoms with E-state index < -0.39 is 0 Å². The Morgan fingerprint density at radius 3 is 2.58 bits per heavy atom. The first-order valence-corrected chi connectivity index (χ1v) is 7.82. The molecule has 0 aromatic rings. The molecule has 0 aromatic carbocycles. The van der Waals surface area contributed by atoms with E-state index in [4.69, 9.17) is 0 Å². The third-order valence-corrected chi connectivity index (χ3v) is 4.19. The molecule has 0 saturated carbocycles. The van der Waals surface area contributed by atoms with Crippen LogP contribution in [0.1, 0.15) is 52.9 Å². The summed E-state index contributed by atoms with van der Waals surface area (Å²) < 4.78 is 0. The Morgan fingerprint density at radius 2 is 2.00 bits per heavy atom. The average Bonchev–Trinajstić information content (AvgIpc) is 2.48. The first-order valence-electron chi connectivity index (χ1n) is 7.82. The zero-order chi connectivity index (χ0) is 13.7. The first kappa shape index (κ1) is 14.2. The number of nitrogens with zero attached hydrogens (tertiary/aromatic N) is 1. The summed E-state index contributed by atoms with van der Waals surface area (Å²) in [4.78, 5) is 2.61. The van der Waals surface area contributed by atoms with Gasteiger partial charge >= 0.3 is 0 Å². The molecule has 1 nitrogen and oxygen atoms in total. The van der Waals surface area contributed by atoms with Gasteiger partial charge in [0.25, 0.3) is 0 Å². The van der Waals surface area contributed by atoms with Gasteiger partial charge in [-0.25, -0.2) is 0 Å². The van der Waals surface area contributed by atoms with Crippen LogP contribution >= 0.6 is 0 Å². The molecule has 0 unspecified atom stereocenters. The standard InChI is InChI=1S/C18H27N/c1-4-10-18-16(6-3)13-15(5-2)14-19(18)17-11-8-7-9-12-17/h7-9,11,13-14,17-18H,4-6,10,12H2,1-3H3/t17-,18-/m0/s1. The van der Waals surface area contributed by atoms with E-state index in [0.717, 1.165) is 12.8 Å². The van der Waals surface area contributed by atoms with Crippen LogP contribution in [-0.2, 0) is 0 Å². The van der Waals surface area contributed by atoms with E-state index >= 15 is 0 Å². The summed E-state index contributed by atoms with van der Waals surface area (Å²) in [6, 6.07) is 1.14. The van der Waals surface area contributed by atoms with Crippen molar-refractivity contribution >= 4 is 0 Å². The Labute approximate surface area is 118 Å². The molecular weight excluding hydrogens is 230 g/mol.